The number of carbonyl (C=O) groups is 3. The first-order valence-corrected chi connectivity index (χ1v) is 11.2. The van der Waals surface area contributed by atoms with Crippen molar-refractivity contribution in [2.24, 2.45) is 5.92 Å². The molecule has 0 aliphatic carbocycles. The first-order chi connectivity index (χ1) is 16.2. The second-order valence-electron chi connectivity index (χ2n) is 8.39. The number of hydrogen-bond donors (Lipinski definition) is 2. The third-order valence-corrected chi connectivity index (χ3v) is 5.04. The summed E-state index contributed by atoms with van der Waals surface area (Å²) in [6.45, 7) is 2.13. The fraction of sp³-hybridized carbons (Fsp3) is 0.609. The highest BCUT2D eigenvalue weighted by molar-refractivity contribution is 5.91. The number of nitrogens with zero attached hydrogens (tertiary/aromatic N) is 1. The molecule has 0 unspecified atom stereocenters. The Kier molecular flexibility index (Phi) is 11.9. The van der Waals surface area contributed by atoms with Crippen molar-refractivity contribution in [3.63, 3.8) is 0 Å². The number of nitrogens with one attached hydrogen (secondary N) is 2. The third kappa shape index (κ3) is 10.5. The van der Waals surface area contributed by atoms with Crippen LogP contribution in [-0.4, -0.2) is 80.8 Å². The number of esters is 1. The van der Waals surface area contributed by atoms with Crippen LogP contribution in [0, 0.1) is 5.92 Å². The van der Waals surface area contributed by atoms with Crippen LogP contribution in [0.15, 0.2) is 30.3 Å². The molecule has 0 spiro atoms. The van der Waals surface area contributed by atoms with Gasteiger partial charge in [0.25, 0.3) is 0 Å². The summed E-state index contributed by atoms with van der Waals surface area (Å²) in [5, 5.41) is 5.09. The largest absolute Gasteiger partial charge is 0.459 e. The first-order valence-electron chi connectivity index (χ1n) is 11.2. The third-order valence-electron chi connectivity index (χ3n) is 5.04. The predicted octanol–water partition coefficient (Wildman–Crippen LogP) is 1.32. The molecular formula is C23H33F2N3O6. The minimum atomic E-state index is -3.12. The zero-order valence-corrected chi connectivity index (χ0v) is 19.5. The van der Waals surface area contributed by atoms with Gasteiger partial charge in [0.2, 0.25) is 11.8 Å². The van der Waals surface area contributed by atoms with E-state index in [0.29, 0.717) is 38.3 Å². The van der Waals surface area contributed by atoms with Crippen LogP contribution in [0.3, 0.4) is 0 Å². The maximum atomic E-state index is 12.9. The molecule has 2 atom stereocenters. The zero-order valence-electron chi connectivity index (χ0n) is 19.5. The summed E-state index contributed by atoms with van der Waals surface area (Å²) >= 11 is 0. The number of alkyl halides is 2. The van der Waals surface area contributed by atoms with Gasteiger partial charge in [-0.2, -0.15) is 8.78 Å². The van der Waals surface area contributed by atoms with Gasteiger partial charge in [-0.25, -0.2) is 4.79 Å². The van der Waals surface area contributed by atoms with E-state index in [1.54, 1.807) is 30.3 Å². The Morgan fingerprint density at radius 3 is 2.35 bits per heavy atom. The number of halogens is 2. The molecule has 2 amide bonds. The van der Waals surface area contributed by atoms with E-state index in [-0.39, 0.29) is 25.0 Å². The Hall–Kier alpha value is -2.63. The van der Waals surface area contributed by atoms with Gasteiger partial charge in [0.1, 0.15) is 12.6 Å². The lowest BCUT2D eigenvalue weighted by Gasteiger charge is -2.28. The van der Waals surface area contributed by atoms with Gasteiger partial charge < -0.3 is 24.8 Å². The normalized spacial score (nSPS) is 16.2. The van der Waals surface area contributed by atoms with Crippen molar-refractivity contribution >= 4 is 17.8 Å². The Balaban J connectivity index is 1.99. The summed E-state index contributed by atoms with van der Waals surface area (Å²) in [6.07, 6.45) is 0.294. The van der Waals surface area contributed by atoms with Crippen LogP contribution in [0.1, 0.15) is 25.8 Å². The highest BCUT2D eigenvalue weighted by Gasteiger charge is 2.29. The van der Waals surface area contributed by atoms with Crippen molar-refractivity contribution < 1.29 is 37.4 Å². The number of rotatable bonds is 13. The number of morpholine rings is 1. The topological polar surface area (TPSA) is 106 Å². The lowest BCUT2D eigenvalue weighted by Crippen LogP contribution is -2.55. The minimum Gasteiger partial charge on any atom is -0.459 e. The lowest BCUT2D eigenvalue weighted by molar-refractivity contribution is -0.161. The molecule has 1 aromatic carbocycles. The van der Waals surface area contributed by atoms with E-state index in [1.807, 2.05) is 18.7 Å². The summed E-state index contributed by atoms with van der Waals surface area (Å²) < 4.78 is 39.9. The van der Waals surface area contributed by atoms with Crippen molar-refractivity contribution in [2.75, 3.05) is 39.5 Å². The molecule has 9 nitrogen and oxygen atoms in total. The molecule has 2 rings (SSSR count). The summed E-state index contributed by atoms with van der Waals surface area (Å²) in [5.41, 5.74) is 0.698. The highest BCUT2D eigenvalue weighted by atomic mass is 19.3. The van der Waals surface area contributed by atoms with Gasteiger partial charge in [-0.3, -0.25) is 14.5 Å². The van der Waals surface area contributed by atoms with Crippen LogP contribution < -0.4 is 10.6 Å². The molecular weight excluding hydrogens is 452 g/mol. The molecule has 1 fully saturated rings. The van der Waals surface area contributed by atoms with E-state index in [2.05, 4.69) is 15.4 Å². The van der Waals surface area contributed by atoms with Gasteiger partial charge in [0.05, 0.1) is 26.4 Å². The van der Waals surface area contributed by atoms with Crippen LogP contribution in [0.2, 0.25) is 0 Å². The number of ether oxygens (including phenoxy) is 3. The average Bonchev–Trinajstić information content (AvgIpc) is 2.80. The van der Waals surface area contributed by atoms with Crippen LogP contribution in [-0.2, 0) is 35.2 Å². The molecule has 0 radical (unpaired) electrons. The van der Waals surface area contributed by atoms with Crippen molar-refractivity contribution in [1.29, 1.82) is 0 Å². The quantitative estimate of drug-likeness (QED) is 0.406. The summed E-state index contributed by atoms with van der Waals surface area (Å²) in [4.78, 5) is 39.9. The molecule has 190 valence electrons. The maximum absolute atomic E-state index is 12.9. The van der Waals surface area contributed by atoms with Crippen LogP contribution >= 0.6 is 0 Å². The fourth-order valence-corrected chi connectivity index (χ4v) is 3.34. The smallest absolute Gasteiger partial charge is 0.345 e. The van der Waals surface area contributed by atoms with Crippen molar-refractivity contribution in [2.45, 2.75) is 45.6 Å². The molecule has 0 aromatic heterocycles. The molecule has 1 aliphatic rings. The lowest BCUT2D eigenvalue weighted by atomic mass is 10.0. The fourth-order valence-electron chi connectivity index (χ4n) is 3.34. The number of benzene rings is 1. The minimum absolute atomic E-state index is 0.0419. The van der Waals surface area contributed by atoms with Crippen molar-refractivity contribution in [1.82, 2.24) is 15.5 Å². The molecule has 34 heavy (non-hydrogen) atoms. The second kappa shape index (κ2) is 14.6. The monoisotopic (exact) mass is 485 g/mol. The zero-order chi connectivity index (χ0) is 24.9. The molecule has 0 bridgehead atoms. The molecule has 1 saturated heterocycles. The Labute approximate surface area is 198 Å². The van der Waals surface area contributed by atoms with E-state index in [9.17, 15) is 23.2 Å². The number of carbonyl (C=O) groups excluding carboxylic acids is 3. The van der Waals surface area contributed by atoms with Gasteiger partial charge in [-0.15, -0.1) is 0 Å². The van der Waals surface area contributed by atoms with Crippen LogP contribution in [0.25, 0.3) is 0 Å². The molecule has 2 N–H and O–H groups in total. The molecule has 1 aliphatic heterocycles. The van der Waals surface area contributed by atoms with Gasteiger partial charge in [-0.05, 0) is 17.9 Å². The highest BCUT2D eigenvalue weighted by Crippen LogP contribution is 2.08. The van der Waals surface area contributed by atoms with Crippen molar-refractivity contribution in [3.8, 4) is 0 Å². The molecule has 1 aromatic rings. The number of hydrogen-bond acceptors (Lipinski definition) is 7. The Morgan fingerprint density at radius 2 is 1.74 bits per heavy atom. The summed E-state index contributed by atoms with van der Waals surface area (Å²) in [5.74, 6) is -1.90. The van der Waals surface area contributed by atoms with Gasteiger partial charge >= 0.3 is 12.6 Å². The Morgan fingerprint density at radius 1 is 1.06 bits per heavy atom. The van der Waals surface area contributed by atoms with E-state index in [0.717, 1.165) is 0 Å². The van der Waals surface area contributed by atoms with Gasteiger partial charge in [0.15, 0.2) is 6.04 Å². The first kappa shape index (κ1) is 27.6. The average molecular weight is 486 g/mol. The standard InChI is InChI=1S/C23H33F2N3O6/c1-16(2)12-18(26-20(29)13-28-8-10-32-11-9-28)21(30)27-19(15-34-23(24)25)22(31)33-14-17-6-4-3-5-7-17/h3-7,16,18-19,23H,8-15H2,1-2H3,(H,26,29)(H,27,30)/t18-,19-/m0/s1. The van der Waals surface area contributed by atoms with E-state index in [4.69, 9.17) is 9.47 Å². The van der Waals surface area contributed by atoms with Crippen molar-refractivity contribution in [3.05, 3.63) is 35.9 Å². The van der Waals surface area contributed by atoms with Gasteiger partial charge in [-0.1, -0.05) is 44.2 Å². The molecule has 0 saturated carbocycles. The Bertz CT molecular complexity index is 775. The van der Waals surface area contributed by atoms with Crippen LogP contribution in [0.5, 0.6) is 0 Å². The molecule has 11 heteroatoms. The number of amides is 2. The van der Waals surface area contributed by atoms with E-state index < -0.39 is 37.2 Å². The summed E-state index contributed by atoms with van der Waals surface area (Å²) in [7, 11) is 0. The second-order valence-corrected chi connectivity index (χ2v) is 8.39. The molecule has 1 heterocycles. The predicted molar refractivity (Wildman–Crippen MR) is 119 cm³/mol. The van der Waals surface area contributed by atoms with Gasteiger partial charge in [0, 0.05) is 13.1 Å². The van der Waals surface area contributed by atoms with E-state index in [1.165, 1.54) is 0 Å². The van der Waals surface area contributed by atoms with Crippen LogP contribution in [0.4, 0.5) is 8.78 Å². The van der Waals surface area contributed by atoms with E-state index >= 15 is 0 Å². The SMILES string of the molecule is CC(C)C[C@H](NC(=O)CN1CCOCC1)C(=O)N[C@@H](COC(F)F)C(=O)OCc1ccccc1. The maximum Gasteiger partial charge on any atom is 0.345 e. The summed E-state index contributed by atoms with van der Waals surface area (Å²) in [6, 6.07) is 6.38.